The van der Waals surface area contributed by atoms with Gasteiger partial charge < -0.3 is 19.7 Å². The number of nitro benzene ring substituents is 1. The molecule has 0 fully saturated rings. The fourth-order valence-corrected chi connectivity index (χ4v) is 3.33. The van der Waals surface area contributed by atoms with Crippen LogP contribution in [0.15, 0.2) is 54.6 Å². The maximum atomic E-state index is 13.2. The number of carbonyl (C=O) groups excluding carboxylic acids is 1. The first-order valence-electron chi connectivity index (χ1n) is 10.5. The van der Waals surface area contributed by atoms with E-state index < -0.39 is 45.7 Å². The van der Waals surface area contributed by atoms with Crippen LogP contribution in [0.2, 0.25) is 0 Å². The molecule has 8 nitrogen and oxygen atoms in total. The van der Waals surface area contributed by atoms with E-state index in [2.05, 4.69) is 5.32 Å². The van der Waals surface area contributed by atoms with E-state index in [1.807, 2.05) is 0 Å². The Labute approximate surface area is 211 Å². The monoisotopic (exact) mass is 543 g/mol. The number of anilines is 2. The highest BCUT2D eigenvalue weighted by atomic mass is 19.4. The standard InChI is InChI=1S/C24H19F6N3O5/c1-32(2)17-7-5-14(23(25,26)27)11-16(17)31-22(34)13-4-8-20(21(10-13)37-3)38-19-9-6-15(24(28,29)30)12-18(19)33(35)36/h4-12H,1-3H3,(H,31,34). The van der Waals surface area contributed by atoms with Gasteiger partial charge in [0.05, 0.1) is 34.5 Å². The summed E-state index contributed by atoms with van der Waals surface area (Å²) in [7, 11) is 4.34. The number of methoxy groups -OCH3 is 1. The number of rotatable bonds is 7. The molecule has 1 amide bonds. The van der Waals surface area contributed by atoms with Gasteiger partial charge in [-0.25, -0.2) is 0 Å². The Morgan fingerprint density at radius 1 is 0.868 bits per heavy atom. The summed E-state index contributed by atoms with van der Waals surface area (Å²) < 4.78 is 89.0. The fraction of sp³-hybridized carbons (Fsp3) is 0.208. The van der Waals surface area contributed by atoms with Crippen molar-refractivity contribution in [1.29, 1.82) is 0 Å². The number of carbonyl (C=O) groups is 1. The number of benzene rings is 3. The number of nitro groups is 1. The molecule has 0 heterocycles. The second-order valence-corrected chi connectivity index (χ2v) is 7.98. The van der Waals surface area contributed by atoms with Crippen LogP contribution in [0, 0.1) is 10.1 Å². The molecule has 0 aliphatic heterocycles. The average Bonchev–Trinajstić information content (AvgIpc) is 2.82. The van der Waals surface area contributed by atoms with Crippen LogP contribution in [0.25, 0.3) is 0 Å². The smallest absolute Gasteiger partial charge is 0.416 e. The number of halogens is 6. The SMILES string of the molecule is COc1cc(C(=O)Nc2cc(C(F)(F)F)ccc2N(C)C)ccc1Oc1ccc(C(F)(F)F)cc1[N+](=O)[O-]. The Kier molecular flexibility index (Phi) is 7.74. The summed E-state index contributed by atoms with van der Waals surface area (Å²) in [6.07, 6.45) is -9.46. The van der Waals surface area contributed by atoms with Gasteiger partial charge in [-0.05, 0) is 48.5 Å². The Morgan fingerprint density at radius 3 is 2.00 bits per heavy atom. The average molecular weight is 543 g/mol. The molecule has 0 unspecified atom stereocenters. The van der Waals surface area contributed by atoms with Crippen molar-refractivity contribution in [3.8, 4) is 17.2 Å². The van der Waals surface area contributed by atoms with Gasteiger partial charge in [-0.1, -0.05) is 0 Å². The number of hydrogen-bond donors (Lipinski definition) is 1. The summed E-state index contributed by atoms with van der Waals surface area (Å²) in [6.45, 7) is 0. The summed E-state index contributed by atoms with van der Waals surface area (Å²) in [4.78, 5) is 24.6. The molecule has 0 aliphatic rings. The summed E-state index contributed by atoms with van der Waals surface area (Å²) in [5, 5.41) is 13.7. The van der Waals surface area contributed by atoms with Crippen LogP contribution in [0.3, 0.4) is 0 Å². The van der Waals surface area contributed by atoms with Crippen molar-refractivity contribution >= 4 is 23.0 Å². The number of alkyl halides is 6. The zero-order chi connectivity index (χ0) is 28.4. The van der Waals surface area contributed by atoms with E-state index in [1.54, 1.807) is 14.1 Å². The molecule has 202 valence electrons. The predicted octanol–water partition coefficient (Wildman–Crippen LogP) is 6.75. The zero-order valence-electron chi connectivity index (χ0n) is 19.9. The van der Waals surface area contributed by atoms with Crippen molar-refractivity contribution in [2.75, 3.05) is 31.4 Å². The lowest BCUT2D eigenvalue weighted by Gasteiger charge is -2.20. The Bertz CT molecular complexity index is 1370. The number of ether oxygens (including phenoxy) is 2. The lowest BCUT2D eigenvalue weighted by atomic mass is 10.1. The third-order valence-corrected chi connectivity index (χ3v) is 5.18. The zero-order valence-corrected chi connectivity index (χ0v) is 19.9. The highest BCUT2D eigenvalue weighted by molar-refractivity contribution is 6.06. The maximum absolute atomic E-state index is 13.2. The van der Waals surface area contributed by atoms with Crippen molar-refractivity contribution in [2.24, 2.45) is 0 Å². The first kappa shape index (κ1) is 28.1. The molecule has 0 saturated heterocycles. The van der Waals surface area contributed by atoms with Gasteiger partial charge in [-0.3, -0.25) is 14.9 Å². The molecule has 0 saturated carbocycles. The molecule has 1 N–H and O–H groups in total. The first-order valence-corrected chi connectivity index (χ1v) is 10.5. The van der Waals surface area contributed by atoms with Gasteiger partial charge in [0.2, 0.25) is 5.75 Å². The number of nitrogens with one attached hydrogen (secondary N) is 1. The van der Waals surface area contributed by atoms with Crippen LogP contribution < -0.4 is 19.7 Å². The molecular formula is C24H19F6N3O5. The topological polar surface area (TPSA) is 93.9 Å². The van der Waals surface area contributed by atoms with E-state index in [9.17, 15) is 41.3 Å². The van der Waals surface area contributed by atoms with Gasteiger partial charge in [0, 0.05) is 25.7 Å². The van der Waals surface area contributed by atoms with Gasteiger partial charge in [-0.2, -0.15) is 26.3 Å². The lowest BCUT2D eigenvalue weighted by Crippen LogP contribution is -2.18. The highest BCUT2D eigenvalue weighted by Crippen LogP contribution is 2.40. The lowest BCUT2D eigenvalue weighted by molar-refractivity contribution is -0.385. The molecule has 0 aromatic heterocycles. The molecular weight excluding hydrogens is 524 g/mol. The molecule has 3 aromatic carbocycles. The molecule has 3 aromatic rings. The van der Waals surface area contributed by atoms with E-state index in [0.29, 0.717) is 17.8 Å². The summed E-state index contributed by atoms with van der Waals surface area (Å²) in [5.74, 6) is -1.61. The predicted molar refractivity (Wildman–Crippen MR) is 125 cm³/mol. The Balaban J connectivity index is 1.93. The van der Waals surface area contributed by atoms with Crippen LogP contribution >= 0.6 is 0 Å². The second-order valence-electron chi connectivity index (χ2n) is 7.98. The minimum Gasteiger partial charge on any atom is -0.493 e. The third-order valence-electron chi connectivity index (χ3n) is 5.18. The first-order chi connectivity index (χ1) is 17.6. The highest BCUT2D eigenvalue weighted by Gasteiger charge is 2.34. The van der Waals surface area contributed by atoms with E-state index in [0.717, 1.165) is 24.3 Å². The van der Waals surface area contributed by atoms with Crippen LogP contribution in [0.1, 0.15) is 21.5 Å². The summed E-state index contributed by atoms with van der Waals surface area (Å²) >= 11 is 0. The van der Waals surface area contributed by atoms with Crippen molar-refractivity contribution in [2.45, 2.75) is 12.4 Å². The Hall–Kier alpha value is -4.49. The van der Waals surface area contributed by atoms with E-state index in [-0.39, 0.29) is 22.7 Å². The van der Waals surface area contributed by atoms with Gasteiger partial charge in [0.1, 0.15) is 0 Å². The minimum atomic E-state index is -4.82. The fourth-order valence-electron chi connectivity index (χ4n) is 3.33. The minimum absolute atomic E-state index is 0.0711. The molecule has 0 bridgehead atoms. The van der Waals surface area contributed by atoms with Crippen LogP contribution in [-0.2, 0) is 12.4 Å². The number of hydrogen-bond acceptors (Lipinski definition) is 6. The van der Waals surface area contributed by atoms with E-state index >= 15 is 0 Å². The van der Waals surface area contributed by atoms with Gasteiger partial charge in [0.15, 0.2) is 11.5 Å². The summed E-state index contributed by atoms with van der Waals surface area (Å²) in [5.41, 5.74) is -3.06. The maximum Gasteiger partial charge on any atom is 0.416 e. The van der Waals surface area contributed by atoms with Crippen molar-refractivity contribution in [3.05, 3.63) is 81.4 Å². The molecule has 0 atom stereocenters. The van der Waals surface area contributed by atoms with E-state index in [1.165, 1.54) is 30.2 Å². The molecule has 0 radical (unpaired) electrons. The largest absolute Gasteiger partial charge is 0.493 e. The second kappa shape index (κ2) is 10.5. The molecule has 0 aliphatic carbocycles. The van der Waals surface area contributed by atoms with Crippen LogP contribution in [-0.4, -0.2) is 32.0 Å². The van der Waals surface area contributed by atoms with Gasteiger partial charge in [-0.15, -0.1) is 0 Å². The number of amides is 1. The van der Waals surface area contributed by atoms with Gasteiger partial charge >= 0.3 is 18.0 Å². The normalized spacial score (nSPS) is 11.6. The summed E-state index contributed by atoms with van der Waals surface area (Å²) in [6, 6.07) is 8.09. The van der Waals surface area contributed by atoms with Crippen LogP contribution in [0.5, 0.6) is 17.2 Å². The molecule has 14 heteroatoms. The van der Waals surface area contributed by atoms with Crippen molar-refractivity contribution in [3.63, 3.8) is 0 Å². The van der Waals surface area contributed by atoms with Crippen molar-refractivity contribution < 1.29 is 45.5 Å². The molecule has 0 spiro atoms. The van der Waals surface area contributed by atoms with E-state index in [4.69, 9.17) is 9.47 Å². The van der Waals surface area contributed by atoms with Gasteiger partial charge in [0.25, 0.3) is 5.91 Å². The molecule has 38 heavy (non-hydrogen) atoms. The Morgan fingerprint density at radius 2 is 1.45 bits per heavy atom. The quantitative estimate of drug-likeness (QED) is 0.201. The third kappa shape index (κ3) is 6.25. The molecule has 3 rings (SSSR count). The van der Waals surface area contributed by atoms with Crippen molar-refractivity contribution in [1.82, 2.24) is 0 Å². The number of nitrogens with zero attached hydrogens (tertiary/aromatic N) is 2. The van der Waals surface area contributed by atoms with Crippen LogP contribution in [0.4, 0.5) is 43.4 Å².